The Bertz CT molecular complexity index is 1430. The number of amides is 1. The van der Waals surface area contributed by atoms with E-state index in [4.69, 9.17) is 10.5 Å². The van der Waals surface area contributed by atoms with Crippen LogP contribution in [0.1, 0.15) is 21.6 Å². The molecule has 4 rings (SSSR count). The third-order valence-electron chi connectivity index (χ3n) is 5.10. The van der Waals surface area contributed by atoms with Crippen LogP contribution in [-0.4, -0.2) is 28.0 Å². The first-order valence-corrected chi connectivity index (χ1v) is 10.6. The number of nitrogens with two attached hydrogens (primary N) is 1. The summed E-state index contributed by atoms with van der Waals surface area (Å²) in [4.78, 5) is 24.7. The Labute approximate surface area is 200 Å². The highest BCUT2D eigenvalue weighted by Crippen LogP contribution is 2.42. The van der Waals surface area contributed by atoms with Crippen LogP contribution in [0.4, 0.5) is 24.8 Å². The molecule has 34 heavy (non-hydrogen) atoms. The summed E-state index contributed by atoms with van der Waals surface area (Å²) in [6.45, 7) is 1.88. The summed E-state index contributed by atoms with van der Waals surface area (Å²) in [5.74, 6) is -0.153. The topological polar surface area (TPSA) is 103 Å². The van der Waals surface area contributed by atoms with Gasteiger partial charge in [-0.15, -0.1) is 0 Å². The van der Waals surface area contributed by atoms with Crippen molar-refractivity contribution >= 4 is 44.4 Å². The summed E-state index contributed by atoms with van der Waals surface area (Å²) >= 11 is 3.52. The first-order valence-electron chi connectivity index (χ1n) is 9.83. The van der Waals surface area contributed by atoms with Crippen molar-refractivity contribution in [2.45, 2.75) is 13.1 Å². The van der Waals surface area contributed by atoms with Gasteiger partial charge in [-0.3, -0.25) is 9.78 Å². The lowest BCUT2D eigenvalue weighted by atomic mass is 9.97. The molecule has 0 aliphatic heterocycles. The van der Waals surface area contributed by atoms with Crippen molar-refractivity contribution < 1.29 is 22.7 Å². The molecule has 2 aromatic carbocycles. The molecule has 11 heteroatoms. The summed E-state index contributed by atoms with van der Waals surface area (Å²) < 4.78 is 45.2. The van der Waals surface area contributed by atoms with E-state index in [1.165, 1.54) is 7.11 Å². The number of hydrogen-bond donors (Lipinski definition) is 2. The molecule has 0 atom stereocenters. The van der Waals surface area contributed by atoms with Gasteiger partial charge in [0, 0.05) is 29.0 Å². The number of nitrogens with one attached hydrogen (secondary N) is 1. The van der Waals surface area contributed by atoms with E-state index in [0.717, 1.165) is 23.4 Å². The van der Waals surface area contributed by atoms with Gasteiger partial charge in [0.15, 0.2) is 0 Å². The molecule has 7 nitrogen and oxygen atoms in total. The number of methoxy groups -OCH3 is 1. The van der Waals surface area contributed by atoms with Gasteiger partial charge in [-0.25, -0.2) is 9.97 Å². The van der Waals surface area contributed by atoms with Crippen molar-refractivity contribution in [1.82, 2.24) is 15.0 Å². The second-order valence-electron chi connectivity index (χ2n) is 7.35. The van der Waals surface area contributed by atoms with Crippen LogP contribution in [0.5, 0.6) is 5.75 Å². The summed E-state index contributed by atoms with van der Waals surface area (Å²) in [5, 5.41) is 3.32. The zero-order valence-corrected chi connectivity index (χ0v) is 19.5. The number of alkyl halides is 3. The molecule has 3 N–H and O–H groups in total. The van der Waals surface area contributed by atoms with Crippen LogP contribution >= 0.6 is 15.9 Å². The number of aromatic nitrogens is 3. The van der Waals surface area contributed by atoms with Gasteiger partial charge in [0.2, 0.25) is 5.95 Å². The number of carbonyl (C=O) groups excluding carboxylic acids is 1. The lowest BCUT2D eigenvalue weighted by Crippen LogP contribution is -2.15. The molecule has 0 unspecified atom stereocenters. The fourth-order valence-electron chi connectivity index (χ4n) is 3.45. The predicted molar refractivity (Wildman–Crippen MR) is 126 cm³/mol. The molecule has 4 aromatic rings. The number of rotatable bonds is 4. The van der Waals surface area contributed by atoms with E-state index < -0.39 is 17.6 Å². The van der Waals surface area contributed by atoms with Crippen molar-refractivity contribution in [3.05, 3.63) is 70.1 Å². The second-order valence-corrected chi connectivity index (χ2v) is 8.14. The smallest absolute Gasteiger partial charge is 0.416 e. The standard InChI is InChI=1S/C23H17BrF3N5O2/c1-11-3-4-14(31-21(33)17-8-13(5-6-29-17)23(25,26)27)9-15(11)16-7-12-10-30-22(28)32-19(12)18(24)20(16)34-2/h3-10H,1-2H3,(H,31,33)(H2,28,30,32). The lowest BCUT2D eigenvalue weighted by Gasteiger charge is -2.16. The van der Waals surface area contributed by atoms with Crippen LogP contribution in [0.15, 0.2) is 53.3 Å². The number of nitrogens with zero attached hydrogens (tertiary/aromatic N) is 3. The molecule has 174 valence electrons. The Morgan fingerprint density at radius 3 is 2.59 bits per heavy atom. The maximum atomic E-state index is 13.0. The van der Waals surface area contributed by atoms with E-state index in [2.05, 4.69) is 36.2 Å². The molecule has 0 bridgehead atoms. The minimum atomic E-state index is -4.58. The number of fused-ring (bicyclic) bond motifs is 1. The highest BCUT2D eigenvalue weighted by Gasteiger charge is 2.31. The number of nitrogen functional groups attached to an aromatic ring is 1. The normalized spacial score (nSPS) is 11.5. The van der Waals surface area contributed by atoms with Gasteiger partial charge in [-0.05, 0) is 64.3 Å². The predicted octanol–water partition coefficient (Wildman–Crippen LogP) is 5.62. The van der Waals surface area contributed by atoms with Crippen LogP contribution < -0.4 is 15.8 Å². The quantitative estimate of drug-likeness (QED) is 0.354. The number of hydrogen-bond acceptors (Lipinski definition) is 6. The van der Waals surface area contributed by atoms with E-state index in [0.29, 0.717) is 38.4 Å². The molecule has 0 aliphatic carbocycles. The summed E-state index contributed by atoms with van der Waals surface area (Å²) in [5.41, 5.74) is 7.65. The Balaban J connectivity index is 1.74. The highest BCUT2D eigenvalue weighted by molar-refractivity contribution is 9.10. The maximum Gasteiger partial charge on any atom is 0.416 e. The number of aryl methyl sites for hydroxylation is 1. The van der Waals surface area contributed by atoms with Crippen molar-refractivity contribution in [2.24, 2.45) is 0 Å². The molecule has 0 saturated carbocycles. The average molecular weight is 532 g/mol. The van der Waals surface area contributed by atoms with Crippen LogP contribution in [0.2, 0.25) is 0 Å². The molecule has 2 aromatic heterocycles. The molecule has 2 heterocycles. The Hall–Kier alpha value is -3.73. The van der Waals surface area contributed by atoms with E-state index in [1.54, 1.807) is 24.4 Å². The molecule has 0 aliphatic rings. The molecular weight excluding hydrogens is 515 g/mol. The van der Waals surface area contributed by atoms with Gasteiger partial charge in [-0.2, -0.15) is 13.2 Å². The van der Waals surface area contributed by atoms with E-state index in [-0.39, 0.29) is 11.6 Å². The average Bonchev–Trinajstić information content (AvgIpc) is 2.80. The Kier molecular flexibility index (Phi) is 6.13. The number of anilines is 2. The molecule has 0 radical (unpaired) electrons. The van der Waals surface area contributed by atoms with E-state index in [9.17, 15) is 18.0 Å². The fraction of sp³-hybridized carbons (Fsp3) is 0.130. The summed E-state index contributed by atoms with van der Waals surface area (Å²) in [6.07, 6.45) is -2.04. The SMILES string of the molecule is COc1c(-c2cc(NC(=O)c3cc(C(F)(F)F)ccn3)ccc2C)cc2cnc(N)nc2c1Br. The zero-order chi connectivity index (χ0) is 24.6. The van der Waals surface area contributed by atoms with Gasteiger partial charge >= 0.3 is 6.18 Å². The molecule has 0 spiro atoms. The van der Waals surface area contributed by atoms with E-state index >= 15 is 0 Å². The number of halogens is 4. The first-order chi connectivity index (χ1) is 16.1. The zero-order valence-electron chi connectivity index (χ0n) is 17.9. The van der Waals surface area contributed by atoms with Crippen LogP contribution in [-0.2, 0) is 6.18 Å². The van der Waals surface area contributed by atoms with Crippen LogP contribution in [0.25, 0.3) is 22.0 Å². The minimum absolute atomic E-state index is 0.118. The molecular formula is C23H17BrF3N5O2. The first kappa shape index (κ1) is 23.4. The number of carbonyl (C=O) groups is 1. The number of pyridine rings is 1. The van der Waals surface area contributed by atoms with Gasteiger partial charge in [0.25, 0.3) is 5.91 Å². The van der Waals surface area contributed by atoms with Crippen LogP contribution in [0.3, 0.4) is 0 Å². The van der Waals surface area contributed by atoms with Crippen molar-refractivity contribution in [3.63, 3.8) is 0 Å². The van der Waals surface area contributed by atoms with Crippen molar-refractivity contribution in [2.75, 3.05) is 18.2 Å². The number of benzene rings is 2. The minimum Gasteiger partial charge on any atom is -0.495 e. The summed E-state index contributed by atoms with van der Waals surface area (Å²) in [6, 6.07) is 8.48. The largest absolute Gasteiger partial charge is 0.495 e. The van der Waals surface area contributed by atoms with Crippen molar-refractivity contribution in [1.29, 1.82) is 0 Å². The maximum absolute atomic E-state index is 13.0. The third-order valence-corrected chi connectivity index (χ3v) is 5.83. The lowest BCUT2D eigenvalue weighted by molar-refractivity contribution is -0.137. The molecule has 0 fully saturated rings. The van der Waals surface area contributed by atoms with Gasteiger partial charge in [0.1, 0.15) is 11.4 Å². The highest BCUT2D eigenvalue weighted by atomic mass is 79.9. The molecule has 0 saturated heterocycles. The van der Waals surface area contributed by atoms with Gasteiger partial charge < -0.3 is 15.8 Å². The van der Waals surface area contributed by atoms with Crippen LogP contribution in [0, 0.1) is 6.92 Å². The monoisotopic (exact) mass is 531 g/mol. The Morgan fingerprint density at radius 1 is 1.12 bits per heavy atom. The second kappa shape index (κ2) is 8.90. The summed E-state index contributed by atoms with van der Waals surface area (Å²) in [7, 11) is 1.51. The Morgan fingerprint density at radius 2 is 1.88 bits per heavy atom. The van der Waals surface area contributed by atoms with E-state index in [1.807, 2.05) is 13.0 Å². The van der Waals surface area contributed by atoms with Gasteiger partial charge in [0.05, 0.1) is 22.7 Å². The third kappa shape index (κ3) is 4.51. The molecule has 1 amide bonds. The fourth-order valence-corrected chi connectivity index (χ4v) is 4.14. The number of ether oxygens (including phenoxy) is 1. The van der Waals surface area contributed by atoms with Gasteiger partial charge in [-0.1, -0.05) is 6.07 Å². The van der Waals surface area contributed by atoms with Crippen molar-refractivity contribution in [3.8, 4) is 16.9 Å².